The van der Waals surface area contributed by atoms with Crippen molar-refractivity contribution in [3.05, 3.63) is 225 Å². The minimum Gasteiger partial charge on any atom is -0.383 e. The highest BCUT2D eigenvalue weighted by Gasteiger charge is 2.39. The van der Waals surface area contributed by atoms with E-state index >= 15 is 8.78 Å². The van der Waals surface area contributed by atoms with Crippen LogP contribution in [0.25, 0.3) is 28.2 Å². The van der Waals surface area contributed by atoms with Crippen molar-refractivity contribution in [3.8, 4) is 11.4 Å². The number of nitrogens with zero attached hydrogens (tertiary/aromatic N) is 8. The van der Waals surface area contributed by atoms with E-state index < -0.39 is 70.3 Å². The fraction of sp³-hybridized carbons (Fsp3) is 0.254. The number of pyridine rings is 3. The Balaban J connectivity index is 0.853. The van der Waals surface area contributed by atoms with Gasteiger partial charge in [0.2, 0.25) is 0 Å². The van der Waals surface area contributed by atoms with Crippen LogP contribution in [0, 0.1) is 23.5 Å². The number of anilines is 3. The number of carbonyl (C=O) groups is 1. The SMILES string of the molecule is C=Cc1ccc(-n2nc(C(=O)Nc3cc(C(N)(CCC4CC4)c4ccncc4)ccc3F)cc2C(F)(F)F)cc1C(N)=NCc1ccc(=O)n(C(CCC2CC2)c2ccc(F)c(NC(O)c3cc(C(F)(F)F)nn3-c3ccc4ccnc(N)c4c3)c2)c1. The Bertz CT molecular complexity index is 4170. The van der Waals surface area contributed by atoms with Crippen molar-refractivity contribution in [3.63, 3.8) is 0 Å². The molecular formula is C63H57F8N13O3. The number of benzene rings is 4. The average molecular weight is 1200 g/mol. The molecule has 448 valence electrons. The van der Waals surface area contributed by atoms with Crippen molar-refractivity contribution in [2.45, 2.75) is 88.1 Å². The van der Waals surface area contributed by atoms with Crippen LogP contribution in [-0.2, 0) is 24.4 Å². The zero-order chi connectivity index (χ0) is 61.5. The summed E-state index contributed by atoms with van der Waals surface area (Å²) in [5.41, 5.74) is 16.3. The molecule has 0 aliphatic heterocycles. The molecule has 9 aromatic rings. The van der Waals surface area contributed by atoms with Crippen LogP contribution >= 0.6 is 0 Å². The maximum atomic E-state index is 15.8. The topological polar surface area (TPSA) is 235 Å². The molecule has 16 nitrogen and oxygen atoms in total. The molecule has 87 heavy (non-hydrogen) atoms. The van der Waals surface area contributed by atoms with Crippen LogP contribution in [0.4, 0.5) is 52.3 Å². The van der Waals surface area contributed by atoms with E-state index in [-0.39, 0.29) is 52.2 Å². The van der Waals surface area contributed by atoms with Crippen molar-refractivity contribution in [1.29, 1.82) is 0 Å². The standard InChI is InChI=1S/C63H57F8N13O3/c1-2-38-9-13-44(84-55(63(69,70)71)31-51(80-84)59(86)78-50-28-42(12-16-48(50)65)61(74,23-19-36-5-6-36)41-21-24-75-25-22-41)30-45(38)58(73)77-33-37-8-18-56(85)82(34-37)52(17-7-35-3-4-35)40-11-15-47(64)49(27-40)79-60(87)53-32-54(62(66,67)68)81-83(53)43-14-10-39-20-26-76-57(72)46(39)29-43/h2,8-16,18,20-22,24-32,34-36,52,60,79,87H,1,3-7,17,19,23,33,74H2,(H2,72,76)(H2,73,77)(H,78,86). The third kappa shape index (κ3) is 12.9. The molecule has 9 N–H and O–H groups in total. The summed E-state index contributed by atoms with van der Waals surface area (Å²) in [5, 5.41) is 25.5. The first-order chi connectivity index (χ1) is 41.5. The number of amides is 1. The van der Waals surface area contributed by atoms with E-state index in [0.717, 1.165) is 48.9 Å². The van der Waals surface area contributed by atoms with Crippen molar-refractivity contribution in [1.82, 2.24) is 34.1 Å². The van der Waals surface area contributed by atoms with Gasteiger partial charge in [0.25, 0.3) is 11.5 Å². The van der Waals surface area contributed by atoms with Gasteiger partial charge in [-0.2, -0.15) is 36.5 Å². The molecule has 3 atom stereocenters. The molecule has 5 aromatic heterocycles. The Morgan fingerprint density at radius 2 is 1.49 bits per heavy atom. The molecule has 0 radical (unpaired) electrons. The van der Waals surface area contributed by atoms with Crippen molar-refractivity contribution in [2.24, 2.45) is 28.3 Å². The van der Waals surface area contributed by atoms with Gasteiger partial charge in [-0.1, -0.05) is 68.7 Å². The summed E-state index contributed by atoms with van der Waals surface area (Å²) in [6.07, 6.45) is 2.12. The molecule has 0 saturated heterocycles. The second kappa shape index (κ2) is 23.7. The van der Waals surface area contributed by atoms with Crippen molar-refractivity contribution < 1.29 is 45.0 Å². The van der Waals surface area contributed by atoms with Crippen LogP contribution in [0.15, 0.2) is 156 Å². The highest BCUT2D eigenvalue weighted by Crippen LogP contribution is 2.42. The lowest BCUT2D eigenvalue weighted by atomic mass is 9.79. The number of hydrogen-bond donors (Lipinski definition) is 6. The Morgan fingerprint density at radius 1 is 0.782 bits per heavy atom. The number of nitrogens with one attached hydrogen (secondary N) is 2. The molecule has 11 rings (SSSR count). The molecule has 0 bridgehead atoms. The number of carbonyl (C=O) groups excluding carboxylic acids is 1. The lowest BCUT2D eigenvalue weighted by molar-refractivity contribution is -0.143. The number of aliphatic imine (C=N–C) groups is 1. The Kier molecular flexibility index (Phi) is 16.1. The van der Waals surface area contributed by atoms with Crippen LogP contribution in [0.1, 0.15) is 125 Å². The van der Waals surface area contributed by atoms with E-state index in [1.165, 1.54) is 83.6 Å². The van der Waals surface area contributed by atoms with Gasteiger partial charge in [0.15, 0.2) is 17.6 Å². The van der Waals surface area contributed by atoms with Gasteiger partial charge in [0.05, 0.1) is 46.6 Å². The summed E-state index contributed by atoms with van der Waals surface area (Å²) in [7, 11) is 0. The molecule has 2 saturated carbocycles. The van der Waals surface area contributed by atoms with E-state index in [1.807, 2.05) is 0 Å². The van der Waals surface area contributed by atoms with Crippen molar-refractivity contribution >= 4 is 45.8 Å². The predicted octanol–water partition coefficient (Wildman–Crippen LogP) is 12.1. The maximum absolute atomic E-state index is 15.8. The van der Waals surface area contributed by atoms with E-state index in [2.05, 4.69) is 42.4 Å². The van der Waals surface area contributed by atoms with Gasteiger partial charge in [-0.25, -0.2) is 23.1 Å². The number of nitrogens with two attached hydrogens (primary N) is 3. The number of aromatic nitrogens is 7. The molecule has 0 spiro atoms. The zero-order valence-electron chi connectivity index (χ0n) is 46.3. The molecule has 5 heterocycles. The number of aliphatic hydroxyl groups is 1. The van der Waals surface area contributed by atoms with Gasteiger partial charge in [-0.3, -0.25) is 19.6 Å². The van der Waals surface area contributed by atoms with Crippen LogP contribution < -0.4 is 33.4 Å². The molecule has 2 aliphatic rings. The zero-order valence-corrected chi connectivity index (χ0v) is 46.3. The number of amidine groups is 1. The summed E-state index contributed by atoms with van der Waals surface area (Å²) < 4.78 is 121. The minimum atomic E-state index is -5.05. The number of nitrogen functional groups attached to an aromatic ring is 1. The number of fused-ring (bicyclic) bond motifs is 1. The van der Waals surface area contributed by atoms with Crippen LogP contribution in [-0.4, -0.2) is 50.9 Å². The van der Waals surface area contributed by atoms with E-state index in [0.29, 0.717) is 86.5 Å². The fourth-order valence-corrected chi connectivity index (χ4v) is 10.7. The number of halogens is 8. The molecular weight excluding hydrogens is 1140 g/mol. The molecule has 24 heteroatoms. The third-order valence-electron chi connectivity index (χ3n) is 15.9. The van der Waals surface area contributed by atoms with Crippen molar-refractivity contribution in [2.75, 3.05) is 16.4 Å². The number of alkyl halides is 6. The van der Waals surface area contributed by atoms with Crippen LogP contribution in [0.5, 0.6) is 0 Å². The first-order valence-corrected chi connectivity index (χ1v) is 27.9. The number of hydrogen-bond acceptors (Lipinski definition) is 11. The van der Waals surface area contributed by atoms with E-state index in [9.17, 15) is 41.0 Å². The first-order valence-electron chi connectivity index (χ1n) is 27.9. The Labute approximate surface area is 492 Å². The Hall–Kier alpha value is -9.55. The van der Waals surface area contributed by atoms with Gasteiger partial charge in [-0.15, -0.1) is 0 Å². The second-order valence-corrected chi connectivity index (χ2v) is 21.9. The fourth-order valence-electron chi connectivity index (χ4n) is 10.7. The molecule has 3 unspecified atom stereocenters. The van der Waals surface area contributed by atoms with Crippen LogP contribution in [0.3, 0.4) is 0 Å². The molecule has 2 aliphatic carbocycles. The predicted molar refractivity (Wildman–Crippen MR) is 313 cm³/mol. The van der Waals surface area contributed by atoms with Gasteiger partial charge < -0.3 is 37.5 Å². The summed E-state index contributed by atoms with van der Waals surface area (Å²) >= 11 is 0. The average Bonchev–Trinajstić information content (AvgIpc) is 2.71. The molecule has 1 amide bonds. The summed E-state index contributed by atoms with van der Waals surface area (Å²) in [5.74, 6) is -2.02. The summed E-state index contributed by atoms with van der Waals surface area (Å²) in [6, 6.07) is 25.0. The number of rotatable bonds is 21. The molecule has 4 aromatic carbocycles. The third-order valence-corrected chi connectivity index (χ3v) is 15.9. The smallest absolute Gasteiger partial charge is 0.383 e. The van der Waals surface area contributed by atoms with Gasteiger partial charge >= 0.3 is 12.4 Å². The summed E-state index contributed by atoms with van der Waals surface area (Å²) in [6.45, 7) is 3.67. The minimum absolute atomic E-state index is 0.101. The summed E-state index contributed by atoms with van der Waals surface area (Å²) in [4.78, 5) is 40.4. The lowest BCUT2D eigenvalue weighted by Crippen LogP contribution is -2.38. The van der Waals surface area contributed by atoms with Crippen LogP contribution in [0.2, 0.25) is 0 Å². The largest absolute Gasteiger partial charge is 0.435 e. The number of aliphatic hydroxyl groups excluding tert-OH is 1. The van der Waals surface area contributed by atoms with E-state index in [4.69, 9.17) is 17.2 Å². The van der Waals surface area contributed by atoms with Gasteiger partial charge in [0.1, 0.15) is 29.0 Å². The quantitative estimate of drug-likeness (QED) is 0.0171. The molecule has 2 fully saturated rings. The van der Waals surface area contributed by atoms with Gasteiger partial charge in [-0.05, 0) is 144 Å². The first kappa shape index (κ1) is 59.2. The maximum Gasteiger partial charge on any atom is 0.435 e. The second-order valence-electron chi connectivity index (χ2n) is 21.9. The highest BCUT2D eigenvalue weighted by molar-refractivity contribution is 6.03. The van der Waals surface area contributed by atoms with Gasteiger partial charge in [0, 0.05) is 47.9 Å². The lowest BCUT2D eigenvalue weighted by Gasteiger charge is -2.31. The highest BCUT2D eigenvalue weighted by atomic mass is 19.4. The normalized spacial score (nSPS) is 15.3. The Morgan fingerprint density at radius 3 is 2.22 bits per heavy atom. The monoisotopic (exact) mass is 1200 g/mol. The van der Waals surface area contributed by atoms with E-state index in [1.54, 1.807) is 42.9 Å².